The van der Waals surface area contributed by atoms with Gasteiger partial charge in [0, 0.05) is 29.7 Å². The minimum absolute atomic E-state index is 0.163. The summed E-state index contributed by atoms with van der Waals surface area (Å²) in [5, 5.41) is 2.03. The highest BCUT2D eigenvalue weighted by Gasteiger charge is 2.35. The Kier molecular flexibility index (Phi) is 4.09. The van der Waals surface area contributed by atoms with Crippen LogP contribution in [0.2, 0.25) is 0 Å². The number of allylic oxidation sites excluding steroid dienone is 1. The van der Waals surface area contributed by atoms with Crippen LogP contribution in [-0.4, -0.2) is 23.2 Å². The minimum Gasteiger partial charge on any atom is -0.487 e. The molecule has 5 nitrogen and oxygen atoms in total. The number of ketones is 1. The lowest BCUT2D eigenvalue weighted by Gasteiger charge is -2.36. The van der Waals surface area contributed by atoms with Crippen LogP contribution in [0.3, 0.4) is 0 Å². The Morgan fingerprint density at radius 2 is 1.71 bits per heavy atom. The Labute approximate surface area is 140 Å². The van der Waals surface area contributed by atoms with E-state index in [4.69, 9.17) is 4.74 Å². The van der Waals surface area contributed by atoms with Crippen LogP contribution in [0.25, 0.3) is 5.76 Å². The van der Waals surface area contributed by atoms with Gasteiger partial charge in [-0.2, -0.15) is 0 Å². The quantitative estimate of drug-likeness (QED) is 0.743. The second kappa shape index (κ2) is 6.07. The molecule has 1 N–H and O–H groups in total. The molecule has 4 rings (SSSR count). The number of carbonyl (C=O) groups is 3. The Balaban J connectivity index is 0.000000203. The van der Waals surface area contributed by atoms with Crippen molar-refractivity contribution in [2.45, 2.75) is 38.7 Å². The van der Waals surface area contributed by atoms with E-state index in [0.29, 0.717) is 6.42 Å². The molecule has 0 radical (unpaired) electrons. The predicted octanol–water partition coefficient (Wildman–Crippen LogP) is 2.31. The molecule has 0 bridgehead atoms. The maximum Gasteiger partial charge on any atom is 0.250 e. The highest BCUT2D eigenvalue weighted by Crippen LogP contribution is 2.40. The highest BCUT2D eigenvalue weighted by atomic mass is 16.5. The molecule has 2 aliphatic heterocycles. The third-order valence-electron chi connectivity index (χ3n) is 4.21. The third-order valence-corrected chi connectivity index (χ3v) is 4.21. The second-order valence-corrected chi connectivity index (χ2v) is 6.61. The summed E-state index contributed by atoms with van der Waals surface area (Å²) >= 11 is 0. The van der Waals surface area contributed by atoms with Crippen LogP contribution in [0.4, 0.5) is 0 Å². The normalized spacial score (nSPS) is 20.5. The lowest BCUT2D eigenvalue weighted by Crippen LogP contribution is -2.32. The SMILES string of the molecule is CC1(C)CCC2=C(O1)c1ccccc1CC2=O.O=C1C=CC(=O)N1. The first-order valence-corrected chi connectivity index (χ1v) is 7.92. The van der Waals surface area contributed by atoms with Crippen LogP contribution in [0.5, 0.6) is 0 Å². The fourth-order valence-electron chi connectivity index (χ4n) is 2.94. The minimum atomic E-state index is -0.329. The molecule has 0 atom stereocenters. The Morgan fingerprint density at radius 1 is 1.04 bits per heavy atom. The average Bonchev–Trinajstić information content (AvgIpc) is 2.90. The van der Waals surface area contributed by atoms with Crippen molar-refractivity contribution in [2.75, 3.05) is 0 Å². The van der Waals surface area contributed by atoms with Gasteiger partial charge >= 0.3 is 0 Å². The standard InChI is InChI=1S/C15H16O2.C4H3NO2/c1-15(2)8-7-12-13(16)9-10-5-3-4-6-11(10)14(12)17-15;6-3-1-2-4(7)5-3/h3-6H,7-9H2,1-2H3;1-2H,(H,5,6,7). The van der Waals surface area contributed by atoms with Crippen molar-refractivity contribution in [3.05, 3.63) is 53.1 Å². The first-order chi connectivity index (χ1) is 11.4. The van der Waals surface area contributed by atoms with E-state index in [-0.39, 0.29) is 23.2 Å². The molecule has 0 spiro atoms. The van der Waals surface area contributed by atoms with Crippen molar-refractivity contribution in [1.29, 1.82) is 0 Å². The van der Waals surface area contributed by atoms with E-state index in [9.17, 15) is 14.4 Å². The lowest BCUT2D eigenvalue weighted by atomic mass is 9.83. The monoisotopic (exact) mass is 325 g/mol. The van der Waals surface area contributed by atoms with Gasteiger partial charge < -0.3 is 4.74 Å². The lowest BCUT2D eigenvalue weighted by molar-refractivity contribution is -0.123. The van der Waals surface area contributed by atoms with Crippen LogP contribution in [0.15, 0.2) is 42.0 Å². The number of fused-ring (bicyclic) bond motifs is 2. The smallest absolute Gasteiger partial charge is 0.250 e. The maximum absolute atomic E-state index is 12.1. The van der Waals surface area contributed by atoms with Crippen molar-refractivity contribution in [3.63, 3.8) is 0 Å². The molecule has 0 saturated heterocycles. The number of imide groups is 1. The zero-order valence-electron chi connectivity index (χ0n) is 13.7. The van der Waals surface area contributed by atoms with Crippen molar-refractivity contribution in [3.8, 4) is 0 Å². The molecule has 1 aliphatic carbocycles. The number of hydrogen-bond acceptors (Lipinski definition) is 4. The molecule has 0 saturated carbocycles. The summed E-state index contributed by atoms with van der Waals surface area (Å²) in [6.07, 6.45) is 4.68. The van der Waals surface area contributed by atoms with Crippen molar-refractivity contribution in [2.24, 2.45) is 0 Å². The molecule has 24 heavy (non-hydrogen) atoms. The van der Waals surface area contributed by atoms with Gasteiger partial charge in [0.2, 0.25) is 0 Å². The Bertz CT molecular complexity index is 770. The summed E-state index contributed by atoms with van der Waals surface area (Å²) in [5.74, 6) is 0.400. The number of Topliss-reactive ketones (excluding diaryl/α,β-unsaturated/α-hetero) is 1. The molecule has 0 aromatic heterocycles. The van der Waals surface area contributed by atoms with E-state index in [1.807, 2.05) is 23.5 Å². The molecule has 0 fully saturated rings. The number of hydrogen-bond donors (Lipinski definition) is 1. The van der Waals surface area contributed by atoms with Gasteiger partial charge in [0.05, 0.1) is 0 Å². The molecule has 2 heterocycles. The summed E-state index contributed by atoms with van der Waals surface area (Å²) in [4.78, 5) is 32.1. The Hall–Kier alpha value is -2.69. The van der Waals surface area contributed by atoms with Gasteiger partial charge in [-0.25, -0.2) is 0 Å². The fraction of sp³-hybridized carbons (Fsp3) is 0.316. The summed E-state index contributed by atoms with van der Waals surface area (Å²) < 4.78 is 6.03. The van der Waals surface area contributed by atoms with E-state index in [1.165, 1.54) is 12.2 Å². The second-order valence-electron chi connectivity index (χ2n) is 6.61. The number of amides is 2. The van der Waals surface area contributed by atoms with Gasteiger partial charge in [0.25, 0.3) is 11.8 Å². The molecule has 5 heteroatoms. The van der Waals surface area contributed by atoms with Crippen LogP contribution in [-0.2, 0) is 25.5 Å². The third kappa shape index (κ3) is 3.30. The number of carbonyl (C=O) groups excluding carboxylic acids is 3. The van der Waals surface area contributed by atoms with Gasteiger partial charge in [-0.1, -0.05) is 24.3 Å². The Morgan fingerprint density at radius 3 is 2.33 bits per heavy atom. The zero-order chi connectivity index (χ0) is 17.3. The summed E-state index contributed by atoms with van der Waals surface area (Å²) in [5.41, 5.74) is 2.93. The molecule has 1 aromatic carbocycles. The van der Waals surface area contributed by atoms with Crippen molar-refractivity contribution < 1.29 is 19.1 Å². The van der Waals surface area contributed by atoms with Gasteiger partial charge in [-0.3, -0.25) is 19.7 Å². The molecule has 124 valence electrons. The summed E-state index contributed by atoms with van der Waals surface area (Å²) in [7, 11) is 0. The molecule has 2 amide bonds. The van der Waals surface area contributed by atoms with Gasteiger partial charge in [0.1, 0.15) is 11.4 Å². The summed E-state index contributed by atoms with van der Waals surface area (Å²) in [6.45, 7) is 4.16. The molecule has 0 unspecified atom stereocenters. The zero-order valence-corrected chi connectivity index (χ0v) is 13.7. The van der Waals surface area contributed by atoms with Crippen molar-refractivity contribution >= 4 is 23.4 Å². The number of ether oxygens (including phenoxy) is 1. The van der Waals surface area contributed by atoms with Gasteiger partial charge in [-0.15, -0.1) is 0 Å². The van der Waals surface area contributed by atoms with E-state index >= 15 is 0 Å². The molecule has 1 aromatic rings. The number of rotatable bonds is 0. The summed E-state index contributed by atoms with van der Waals surface area (Å²) in [6, 6.07) is 8.05. The molecule has 3 aliphatic rings. The molecular formula is C19H19NO4. The predicted molar refractivity (Wildman–Crippen MR) is 88.8 cm³/mol. The van der Waals surface area contributed by atoms with Gasteiger partial charge in [-0.05, 0) is 32.3 Å². The largest absolute Gasteiger partial charge is 0.487 e. The van der Waals surface area contributed by atoms with Crippen molar-refractivity contribution in [1.82, 2.24) is 5.32 Å². The van der Waals surface area contributed by atoms with Crippen LogP contribution < -0.4 is 5.32 Å². The maximum atomic E-state index is 12.1. The molecular weight excluding hydrogens is 306 g/mol. The van der Waals surface area contributed by atoms with Crippen LogP contribution >= 0.6 is 0 Å². The first kappa shape index (κ1) is 16.2. The van der Waals surface area contributed by atoms with E-state index < -0.39 is 0 Å². The topological polar surface area (TPSA) is 72.5 Å². The van der Waals surface area contributed by atoms with Gasteiger partial charge in [0.15, 0.2) is 5.78 Å². The fourth-order valence-corrected chi connectivity index (χ4v) is 2.94. The average molecular weight is 325 g/mol. The van der Waals surface area contributed by atoms with E-state index in [1.54, 1.807) is 0 Å². The first-order valence-electron chi connectivity index (χ1n) is 7.92. The number of nitrogens with one attached hydrogen (secondary N) is 1. The van der Waals surface area contributed by atoms with E-state index in [0.717, 1.165) is 35.3 Å². The number of benzene rings is 1. The highest BCUT2D eigenvalue weighted by molar-refractivity contribution is 6.12. The van der Waals surface area contributed by atoms with Crippen LogP contribution in [0.1, 0.15) is 37.8 Å². The van der Waals surface area contributed by atoms with Crippen LogP contribution in [0, 0.1) is 0 Å². The van der Waals surface area contributed by atoms with E-state index in [2.05, 4.69) is 19.9 Å².